The highest BCUT2D eigenvalue weighted by Crippen LogP contribution is 2.20. The number of nitrogens with zero attached hydrogens (tertiary/aromatic N) is 2. The van der Waals surface area contributed by atoms with E-state index in [1.807, 2.05) is 24.3 Å². The normalized spacial score (nSPS) is 10.4. The highest BCUT2D eigenvalue weighted by Gasteiger charge is 2.17. The monoisotopic (exact) mass is 331 g/mol. The SMILES string of the molecule is CCCN(CCC)c1ccc(NC(=O)c2ccc([N+](=O)[O-])o2)cc1. The molecule has 0 aliphatic heterocycles. The number of carbonyl (C=O) groups is 1. The van der Waals surface area contributed by atoms with E-state index in [-0.39, 0.29) is 5.76 Å². The van der Waals surface area contributed by atoms with Gasteiger partial charge < -0.3 is 14.6 Å². The summed E-state index contributed by atoms with van der Waals surface area (Å²) in [6.07, 6.45) is 2.13. The lowest BCUT2D eigenvalue weighted by atomic mass is 10.2. The standard InChI is InChI=1S/C17H21N3O4/c1-3-11-19(12-4-2)14-7-5-13(6-8-14)18-17(21)15-9-10-16(24-15)20(22)23/h5-10H,3-4,11-12H2,1-2H3,(H,18,21). The molecule has 0 saturated carbocycles. The Morgan fingerprint density at radius 2 is 1.75 bits per heavy atom. The van der Waals surface area contributed by atoms with Crippen LogP contribution in [0.3, 0.4) is 0 Å². The van der Waals surface area contributed by atoms with Gasteiger partial charge in [0.05, 0.1) is 6.07 Å². The molecule has 1 aromatic carbocycles. The quantitative estimate of drug-likeness (QED) is 0.582. The van der Waals surface area contributed by atoms with Gasteiger partial charge in [-0.05, 0) is 43.2 Å². The predicted molar refractivity (Wildman–Crippen MR) is 92.6 cm³/mol. The van der Waals surface area contributed by atoms with Gasteiger partial charge in [0.25, 0.3) is 5.91 Å². The van der Waals surface area contributed by atoms with E-state index in [0.717, 1.165) is 37.7 Å². The first-order chi connectivity index (χ1) is 11.5. The third-order valence-corrected chi connectivity index (χ3v) is 3.47. The molecule has 0 fully saturated rings. The summed E-state index contributed by atoms with van der Waals surface area (Å²) in [5, 5.41) is 13.2. The second-order valence-electron chi connectivity index (χ2n) is 5.38. The van der Waals surface area contributed by atoms with Gasteiger partial charge in [-0.2, -0.15) is 0 Å². The van der Waals surface area contributed by atoms with Crippen LogP contribution in [0.4, 0.5) is 17.3 Å². The fourth-order valence-electron chi connectivity index (χ4n) is 2.41. The lowest BCUT2D eigenvalue weighted by Crippen LogP contribution is -2.24. The van der Waals surface area contributed by atoms with Crippen LogP contribution in [0.25, 0.3) is 0 Å². The summed E-state index contributed by atoms with van der Waals surface area (Å²) in [5.41, 5.74) is 1.71. The number of anilines is 2. The molecule has 1 N–H and O–H groups in total. The van der Waals surface area contributed by atoms with E-state index in [1.165, 1.54) is 6.07 Å². The molecule has 0 unspecified atom stereocenters. The van der Waals surface area contributed by atoms with Crippen LogP contribution in [0.15, 0.2) is 40.8 Å². The average Bonchev–Trinajstić information content (AvgIpc) is 3.06. The molecule has 1 heterocycles. The molecule has 2 rings (SSSR count). The number of hydrogen-bond acceptors (Lipinski definition) is 5. The van der Waals surface area contributed by atoms with E-state index < -0.39 is 16.7 Å². The summed E-state index contributed by atoms with van der Waals surface area (Å²) in [6.45, 7) is 6.24. The van der Waals surface area contributed by atoms with Gasteiger partial charge in [0.2, 0.25) is 0 Å². The van der Waals surface area contributed by atoms with E-state index in [0.29, 0.717) is 5.69 Å². The molecule has 0 radical (unpaired) electrons. The van der Waals surface area contributed by atoms with E-state index >= 15 is 0 Å². The third-order valence-electron chi connectivity index (χ3n) is 3.47. The third kappa shape index (κ3) is 4.34. The first kappa shape index (κ1) is 17.5. The molecule has 7 heteroatoms. The van der Waals surface area contributed by atoms with Crippen LogP contribution in [0.5, 0.6) is 0 Å². The van der Waals surface area contributed by atoms with Crippen LogP contribution in [-0.4, -0.2) is 23.9 Å². The Morgan fingerprint density at radius 3 is 2.25 bits per heavy atom. The molecule has 2 aromatic rings. The molecule has 0 spiro atoms. The van der Waals surface area contributed by atoms with Crippen LogP contribution in [0.2, 0.25) is 0 Å². The summed E-state index contributed by atoms with van der Waals surface area (Å²) in [4.78, 5) is 24.2. The van der Waals surface area contributed by atoms with Crippen molar-refractivity contribution in [1.29, 1.82) is 0 Å². The van der Waals surface area contributed by atoms with Gasteiger partial charge in [-0.3, -0.25) is 14.9 Å². The molecular formula is C17H21N3O4. The lowest BCUT2D eigenvalue weighted by molar-refractivity contribution is -0.402. The highest BCUT2D eigenvalue weighted by molar-refractivity contribution is 6.02. The van der Waals surface area contributed by atoms with Crippen molar-refractivity contribution in [1.82, 2.24) is 0 Å². The van der Waals surface area contributed by atoms with Gasteiger partial charge in [-0.25, -0.2) is 0 Å². The largest absolute Gasteiger partial charge is 0.433 e. The maximum Gasteiger partial charge on any atom is 0.433 e. The molecule has 24 heavy (non-hydrogen) atoms. The summed E-state index contributed by atoms with van der Waals surface area (Å²) >= 11 is 0. The minimum atomic E-state index is -0.679. The molecule has 0 bridgehead atoms. The predicted octanol–water partition coefficient (Wildman–Crippen LogP) is 4.07. The zero-order chi connectivity index (χ0) is 17.5. The number of nitro groups is 1. The van der Waals surface area contributed by atoms with Crippen molar-refractivity contribution in [3.8, 4) is 0 Å². The number of nitrogens with one attached hydrogen (secondary N) is 1. The van der Waals surface area contributed by atoms with Crippen LogP contribution in [0, 0.1) is 10.1 Å². The molecule has 128 valence electrons. The van der Waals surface area contributed by atoms with Crippen molar-refractivity contribution in [3.63, 3.8) is 0 Å². The van der Waals surface area contributed by atoms with Gasteiger partial charge in [-0.1, -0.05) is 13.8 Å². The van der Waals surface area contributed by atoms with Crippen LogP contribution >= 0.6 is 0 Å². The van der Waals surface area contributed by atoms with E-state index in [9.17, 15) is 14.9 Å². The molecule has 0 aliphatic rings. The first-order valence-corrected chi connectivity index (χ1v) is 7.95. The minimum Gasteiger partial charge on any atom is -0.395 e. The maximum atomic E-state index is 12.0. The van der Waals surface area contributed by atoms with Gasteiger partial charge in [0, 0.05) is 24.5 Å². The topological polar surface area (TPSA) is 88.6 Å². The Labute approximate surface area is 140 Å². The molecule has 1 aromatic heterocycles. The number of benzene rings is 1. The van der Waals surface area contributed by atoms with Crippen molar-refractivity contribution in [2.24, 2.45) is 0 Å². The summed E-state index contributed by atoms with van der Waals surface area (Å²) in [7, 11) is 0. The Hall–Kier alpha value is -2.83. The number of amides is 1. The number of rotatable bonds is 8. The minimum absolute atomic E-state index is 0.0932. The Kier molecular flexibility index (Phi) is 5.95. The Balaban J connectivity index is 2.04. The second-order valence-corrected chi connectivity index (χ2v) is 5.38. The fourth-order valence-corrected chi connectivity index (χ4v) is 2.41. The second kappa shape index (κ2) is 8.14. The Bertz CT molecular complexity index is 688. The maximum absolute atomic E-state index is 12.0. The van der Waals surface area contributed by atoms with Crippen molar-refractivity contribution < 1.29 is 14.1 Å². The van der Waals surface area contributed by atoms with Crippen molar-refractivity contribution in [3.05, 3.63) is 52.3 Å². The van der Waals surface area contributed by atoms with Gasteiger partial charge >= 0.3 is 5.88 Å². The van der Waals surface area contributed by atoms with Crippen LogP contribution < -0.4 is 10.2 Å². The smallest absolute Gasteiger partial charge is 0.395 e. The highest BCUT2D eigenvalue weighted by atomic mass is 16.6. The average molecular weight is 331 g/mol. The molecule has 0 saturated heterocycles. The van der Waals surface area contributed by atoms with Crippen molar-refractivity contribution in [2.75, 3.05) is 23.3 Å². The molecule has 1 amide bonds. The van der Waals surface area contributed by atoms with E-state index in [1.54, 1.807) is 0 Å². The molecule has 0 atom stereocenters. The fraction of sp³-hybridized carbons (Fsp3) is 0.353. The zero-order valence-corrected chi connectivity index (χ0v) is 13.8. The summed E-state index contributed by atoms with van der Waals surface area (Å²) in [6, 6.07) is 9.96. The molecular weight excluding hydrogens is 310 g/mol. The van der Waals surface area contributed by atoms with Gasteiger partial charge in [-0.15, -0.1) is 0 Å². The van der Waals surface area contributed by atoms with Crippen LogP contribution in [-0.2, 0) is 0 Å². The first-order valence-electron chi connectivity index (χ1n) is 7.95. The zero-order valence-electron chi connectivity index (χ0n) is 13.8. The molecule has 0 aliphatic carbocycles. The Morgan fingerprint density at radius 1 is 1.12 bits per heavy atom. The lowest BCUT2D eigenvalue weighted by Gasteiger charge is -2.23. The number of furan rings is 1. The molecule has 7 nitrogen and oxygen atoms in total. The van der Waals surface area contributed by atoms with Crippen molar-refractivity contribution >= 4 is 23.2 Å². The number of carbonyl (C=O) groups excluding carboxylic acids is 1. The number of hydrogen-bond donors (Lipinski definition) is 1. The van der Waals surface area contributed by atoms with E-state index in [2.05, 4.69) is 24.1 Å². The van der Waals surface area contributed by atoms with Gasteiger partial charge in [0.1, 0.15) is 4.92 Å². The van der Waals surface area contributed by atoms with Crippen LogP contribution in [0.1, 0.15) is 37.2 Å². The van der Waals surface area contributed by atoms with Crippen molar-refractivity contribution in [2.45, 2.75) is 26.7 Å². The van der Waals surface area contributed by atoms with E-state index in [4.69, 9.17) is 4.42 Å². The summed E-state index contributed by atoms with van der Waals surface area (Å²) in [5.74, 6) is -1.07. The summed E-state index contributed by atoms with van der Waals surface area (Å²) < 4.78 is 4.89. The van der Waals surface area contributed by atoms with Gasteiger partial charge in [0.15, 0.2) is 5.76 Å².